The van der Waals surface area contributed by atoms with Crippen molar-refractivity contribution >= 4 is 27.2 Å². The normalized spacial score (nSPS) is 10.9. The molecule has 2 nitrogen and oxygen atoms in total. The van der Waals surface area contributed by atoms with Crippen LogP contribution in [-0.4, -0.2) is 7.11 Å². The van der Waals surface area contributed by atoms with Crippen LogP contribution in [0.25, 0.3) is 21.5 Å². The summed E-state index contributed by atoms with van der Waals surface area (Å²) in [7, 11) is 1.68. The van der Waals surface area contributed by atoms with Crippen molar-refractivity contribution in [2.75, 3.05) is 12.8 Å². The molecule has 3 aromatic rings. The number of hydrogen-bond donors (Lipinski definition) is 1. The molecular weight excluding hydrogens is 210 g/mol. The fourth-order valence-electron chi connectivity index (χ4n) is 2.27. The zero-order chi connectivity index (χ0) is 11.8. The predicted molar refractivity (Wildman–Crippen MR) is 72.4 cm³/mol. The predicted octanol–water partition coefficient (Wildman–Crippen LogP) is 3.58. The van der Waals surface area contributed by atoms with Crippen LogP contribution >= 0.6 is 0 Å². The quantitative estimate of drug-likeness (QED) is 0.505. The van der Waals surface area contributed by atoms with Crippen LogP contribution in [0.3, 0.4) is 0 Å². The fourth-order valence-corrected chi connectivity index (χ4v) is 2.27. The Balaban J connectivity index is 2.54. The second-order valence-electron chi connectivity index (χ2n) is 4.07. The fraction of sp³-hybridized carbons (Fsp3) is 0.0667. The third-order valence-electron chi connectivity index (χ3n) is 3.13. The first kappa shape index (κ1) is 9.97. The summed E-state index contributed by atoms with van der Waals surface area (Å²) < 4.78 is 5.38. The van der Waals surface area contributed by atoms with Crippen LogP contribution in [0, 0.1) is 0 Å². The average Bonchev–Trinajstić information content (AvgIpc) is 2.38. The van der Waals surface area contributed by atoms with E-state index in [1.807, 2.05) is 36.4 Å². The lowest BCUT2D eigenvalue weighted by atomic mass is 10.0. The van der Waals surface area contributed by atoms with E-state index in [0.29, 0.717) is 0 Å². The van der Waals surface area contributed by atoms with Crippen LogP contribution in [0.4, 0.5) is 5.69 Å². The maximum Gasteiger partial charge on any atom is 0.126 e. The summed E-state index contributed by atoms with van der Waals surface area (Å²) in [4.78, 5) is 0. The number of nitrogens with two attached hydrogens (primary N) is 1. The van der Waals surface area contributed by atoms with Gasteiger partial charge in [-0.3, -0.25) is 0 Å². The summed E-state index contributed by atoms with van der Waals surface area (Å²) in [6.45, 7) is 0. The van der Waals surface area contributed by atoms with Gasteiger partial charge in [-0.25, -0.2) is 0 Å². The van der Waals surface area contributed by atoms with Gasteiger partial charge >= 0.3 is 0 Å². The minimum absolute atomic E-state index is 0.817. The van der Waals surface area contributed by atoms with Gasteiger partial charge in [-0.05, 0) is 17.5 Å². The average molecular weight is 223 g/mol. The highest BCUT2D eigenvalue weighted by molar-refractivity contribution is 6.11. The van der Waals surface area contributed by atoms with Gasteiger partial charge in [-0.1, -0.05) is 36.4 Å². The standard InChI is InChI=1S/C15H13NO/c1-17-14-8-4-7-12-13(14)9-10-5-2-3-6-11(10)15(12)16/h2-9H,16H2,1H3. The number of fused-ring (bicyclic) bond motifs is 2. The summed E-state index contributed by atoms with van der Waals surface area (Å²) in [5, 5.41) is 4.34. The van der Waals surface area contributed by atoms with Crippen LogP contribution in [0.5, 0.6) is 5.75 Å². The van der Waals surface area contributed by atoms with Gasteiger partial charge in [-0.15, -0.1) is 0 Å². The van der Waals surface area contributed by atoms with Crippen molar-refractivity contribution in [3.05, 3.63) is 48.5 Å². The Morgan fingerprint density at radius 1 is 0.882 bits per heavy atom. The van der Waals surface area contributed by atoms with Crippen molar-refractivity contribution in [1.29, 1.82) is 0 Å². The number of nitrogen functional groups attached to an aromatic ring is 1. The minimum atomic E-state index is 0.817. The van der Waals surface area contributed by atoms with E-state index in [9.17, 15) is 0 Å². The number of hydrogen-bond acceptors (Lipinski definition) is 2. The largest absolute Gasteiger partial charge is 0.496 e. The molecule has 0 radical (unpaired) electrons. The summed E-state index contributed by atoms with van der Waals surface area (Å²) in [6.07, 6.45) is 0. The van der Waals surface area contributed by atoms with E-state index >= 15 is 0 Å². The summed E-state index contributed by atoms with van der Waals surface area (Å²) in [5.41, 5.74) is 7.04. The Morgan fingerprint density at radius 2 is 1.65 bits per heavy atom. The van der Waals surface area contributed by atoms with Crippen LogP contribution in [0.2, 0.25) is 0 Å². The van der Waals surface area contributed by atoms with E-state index in [0.717, 1.165) is 33.0 Å². The van der Waals surface area contributed by atoms with E-state index in [-0.39, 0.29) is 0 Å². The lowest BCUT2D eigenvalue weighted by molar-refractivity contribution is 0.420. The molecule has 0 aliphatic heterocycles. The second-order valence-corrected chi connectivity index (χ2v) is 4.07. The maximum absolute atomic E-state index is 6.22. The third kappa shape index (κ3) is 1.41. The molecule has 84 valence electrons. The number of anilines is 1. The van der Waals surface area contributed by atoms with E-state index in [1.54, 1.807) is 7.11 Å². The van der Waals surface area contributed by atoms with E-state index in [4.69, 9.17) is 10.5 Å². The third-order valence-corrected chi connectivity index (χ3v) is 3.13. The Hall–Kier alpha value is -2.22. The van der Waals surface area contributed by atoms with Gasteiger partial charge in [0.2, 0.25) is 0 Å². The van der Waals surface area contributed by atoms with Crippen LogP contribution in [0.1, 0.15) is 0 Å². The van der Waals surface area contributed by atoms with Gasteiger partial charge in [0.15, 0.2) is 0 Å². The summed E-state index contributed by atoms with van der Waals surface area (Å²) >= 11 is 0. The first-order valence-electron chi connectivity index (χ1n) is 5.55. The molecule has 0 bridgehead atoms. The van der Waals surface area contributed by atoms with E-state index < -0.39 is 0 Å². The molecule has 2 heteroatoms. The van der Waals surface area contributed by atoms with Gasteiger partial charge in [0.1, 0.15) is 5.75 Å². The molecule has 2 N–H and O–H groups in total. The summed E-state index contributed by atoms with van der Waals surface area (Å²) in [6, 6.07) is 16.2. The smallest absolute Gasteiger partial charge is 0.126 e. The molecule has 0 aliphatic rings. The topological polar surface area (TPSA) is 35.2 Å². The molecular formula is C15H13NO. The second kappa shape index (κ2) is 3.67. The van der Waals surface area contributed by atoms with Crippen molar-refractivity contribution in [3.63, 3.8) is 0 Å². The molecule has 0 atom stereocenters. The van der Waals surface area contributed by atoms with Crippen molar-refractivity contribution in [2.45, 2.75) is 0 Å². The molecule has 17 heavy (non-hydrogen) atoms. The maximum atomic E-state index is 6.22. The first-order valence-corrected chi connectivity index (χ1v) is 5.55. The molecule has 0 saturated carbocycles. The number of benzene rings is 3. The Kier molecular flexibility index (Phi) is 2.15. The summed E-state index contributed by atoms with van der Waals surface area (Å²) in [5.74, 6) is 0.861. The van der Waals surface area contributed by atoms with Gasteiger partial charge < -0.3 is 10.5 Å². The molecule has 0 saturated heterocycles. The minimum Gasteiger partial charge on any atom is -0.496 e. The molecule has 0 spiro atoms. The zero-order valence-electron chi connectivity index (χ0n) is 9.60. The van der Waals surface area contributed by atoms with Gasteiger partial charge in [0.05, 0.1) is 7.11 Å². The number of rotatable bonds is 1. The zero-order valence-corrected chi connectivity index (χ0v) is 9.60. The van der Waals surface area contributed by atoms with E-state index in [1.165, 1.54) is 0 Å². The number of methoxy groups -OCH3 is 1. The molecule has 0 aliphatic carbocycles. The van der Waals surface area contributed by atoms with Crippen molar-refractivity contribution < 1.29 is 4.74 Å². The Labute approximate surface area is 99.6 Å². The first-order chi connectivity index (χ1) is 8.31. The SMILES string of the molecule is COc1cccc2c(N)c3ccccc3cc12. The highest BCUT2D eigenvalue weighted by Crippen LogP contribution is 2.35. The molecule has 0 unspecified atom stereocenters. The highest BCUT2D eigenvalue weighted by atomic mass is 16.5. The molecule has 3 rings (SSSR count). The molecule has 0 fully saturated rings. The lowest BCUT2D eigenvalue weighted by Crippen LogP contribution is -1.91. The highest BCUT2D eigenvalue weighted by Gasteiger charge is 2.07. The van der Waals surface area contributed by atoms with Crippen molar-refractivity contribution in [3.8, 4) is 5.75 Å². The monoisotopic (exact) mass is 223 g/mol. The van der Waals surface area contributed by atoms with Gasteiger partial charge in [0, 0.05) is 21.8 Å². The van der Waals surface area contributed by atoms with Crippen molar-refractivity contribution in [2.24, 2.45) is 0 Å². The molecule has 0 aromatic heterocycles. The number of ether oxygens (including phenoxy) is 1. The van der Waals surface area contributed by atoms with Crippen LogP contribution in [-0.2, 0) is 0 Å². The Bertz CT molecular complexity index is 704. The van der Waals surface area contributed by atoms with Gasteiger partial charge in [-0.2, -0.15) is 0 Å². The van der Waals surface area contributed by atoms with Crippen molar-refractivity contribution in [1.82, 2.24) is 0 Å². The van der Waals surface area contributed by atoms with E-state index in [2.05, 4.69) is 12.1 Å². The molecule has 0 heterocycles. The molecule has 3 aromatic carbocycles. The van der Waals surface area contributed by atoms with Gasteiger partial charge in [0.25, 0.3) is 0 Å². The van der Waals surface area contributed by atoms with Crippen LogP contribution < -0.4 is 10.5 Å². The molecule has 0 amide bonds. The Morgan fingerprint density at radius 3 is 2.47 bits per heavy atom. The lowest BCUT2D eigenvalue weighted by Gasteiger charge is -2.10. The van der Waals surface area contributed by atoms with Crippen LogP contribution in [0.15, 0.2) is 48.5 Å².